The number of benzene rings is 2. The van der Waals surface area contributed by atoms with E-state index in [4.69, 9.17) is 5.73 Å². The van der Waals surface area contributed by atoms with E-state index in [1.165, 1.54) is 5.56 Å². The predicted molar refractivity (Wildman–Crippen MR) is 81.5 cm³/mol. The van der Waals surface area contributed by atoms with Gasteiger partial charge in [-0.25, -0.2) is 4.98 Å². The van der Waals surface area contributed by atoms with Gasteiger partial charge in [-0.3, -0.25) is 0 Å². The van der Waals surface area contributed by atoms with E-state index in [1.807, 2.05) is 18.2 Å². The molecule has 0 atom stereocenters. The molecule has 0 saturated heterocycles. The van der Waals surface area contributed by atoms with Gasteiger partial charge in [0, 0.05) is 11.6 Å². The summed E-state index contributed by atoms with van der Waals surface area (Å²) in [7, 11) is 0. The van der Waals surface area contributed by atoms with Gasteiger partial charge in [0.05, 0.1) is 11.0 Å². The van der Waals surface area contributed by atoms with Gasteiger partial charge in [0.25, 0.3) is 0 Å². The number of H-pyrrole nitrogens is 1. The average molecular weight is 263 g/mol. The van der Waals surface area contributed by atoms with Crippen molar-refractivity contribution in [2.24, 2.45) is 5.73 Å². The third-order valence-electron chi connectivity index (χ3n) is 4.20. The monoisotopic (exact) mass is 263 g/mol. The molecule has 0 spiro atoms. The number of hydrogen-bond acceptors (Lipinski definition) is 2. The fourth-order valence-corrected chi connectivity index (χ4v) is 2.95. The van der Waals surface area contributed by atoms with Crippen LogP contribution in [0.25, 0.3) is 22.4 Å². The van der Waals surface area contributed by atoms with Gasteiger partial charge in [-0.1, -0.05) is 36.4 Å². The van der Waals surface area contributed by atoms with Crippen molar-refractivity contribution in [3.8, 4) is 11.4 Å². The molecule has 3 N–H and O–H groups in total. The lowest BCUT2D eigenvalue weighted by molar-refractivity contribution is 0.352. The van der Waals surface area contributed by atoms with Crippen LogP contribution in [-0.4, -0.2) is 16.0 Å². The summed E-state index contributed by atoms with van der Waals surface area (Å²) in [6.07, 6.45) is 2.20. The van der Waals surface area contributed by atoms with Crippen molar-refractivity contribution in [3.05, 3.63) is 54.1 Å². The molecule has 0 amide bonds. The Hall–Kier alpha value is -2.13. The summed E-state index contributed by atoms with van der Waals surface area (Å²) >= 11 is 0. The summed E-state index contributed by atoms with van der Waals surface area (Å²) in [6.45, 7) is 0. The average Bonchev–Trinajstić information content (AvgIpc) is 2.88. The fraction of sp³-hybridized carbons (Fsp3) is 0.235. The van der Waals surface area contributed by atoms with Crippen molar-refractivity contribution in [1.29, 1.82) is 0 Å². The van der Waals surface area contributed by atoms with Crippen LogP contribution in [0.2, 0.25) is 0 Å². The van der Waals surface area contributed by atoms with E-state index in [1.54, 1.807) is 0 Å². The molecule has 0 aliphatic heterocycles. The zero-order valence-corrected chi connectivity index (χ0v) is 11.2. The molecule has 20 heavy (non-hydrogen) atoms. The Morgan fingerprint density at radius 3 is 2.60 bits per heavy atom. The normalized spacial score (nSPS) is 21.9. The van der Waals surface area contributed by atoms with Crippen LogP contribution in [0.15, 0.2) is 48.5 Å². The first-order valence-electron chi connectivity index (χ1n) is 7.10. The minimum Gasteiger partial charge on any atom is -0.338 e. The summed E-state index contributed by atoms with van der Waals surface area (Å²) in [5.41, 5.74) is 10.5. The molecule has 1 fully saturated rings. The molecule has 4 rings (SSSR count). The summed E-state index contributed by atoms with van der Waals surface area (Å²) in [5, 5.41) is 0. The number of rotatable bonds is 2. The van der Waals surface area contributed by atoms with E-state index < -0.39 is 0 Å². The lowest BCUT2D eigenvalue weighted by atomic mass is 9.76. The molecule has 100 valence electrons. The second kappa shape index (κ2) is 4.46. The maximum atomic E-state index is 5.88. The Kier molecular flexibility index (Phi) is 2.60. The van der Waals surface area contributed by atoms with Crippen LogP contribution in [0.1, 0.15) is 24.3 Å². The molecule has 1 aliphatic rings. The molecule has 1 heterocycles. The van der Waals surface area contributed by atoms with E-state index in [0.717, 1.165) is 35.3 Å². The van der Waals surface area contributed by atoms with Crippen molar-refractivity contribution in [2.75, 3.05) is 0 Å². The van der Waals surface area contributed by atoms with Gasteiger partial charge in [-0.2, -0.15) is 0 Å². The van der Waals surface area contributed by atoms with Gasteiger partial charge in [0.15, 0.2) is 0 Å². The largest absolute Gasteiger partial charge is 0.338 e. The molecule has 3 heteroatoms. The quantitative estimate of drug-likeness (QED) is 0.744. The minimum absolute atomic E-state index is 0.386. The summed E-state index contributed by atoms with van der Waals surface area (Å²) < 4.78 is 0. The molecule has 1 aliphatic carbocycles. The van der Waals surface area contributed by atoms with Gasteiger partial charge in [0.1, 0.15) is 5.82 Å². The number of imidazole rings is 1. The van der Waals surface area contributed by atoms with Crippen molar-refractivity contribution in [3.63, 3.8) is 0 Å². The zero-order valence-electron chi connectivity index (χ0n) is 11.2. The Bertz CT molecular complexity index is 739. The lowest BCUT2D eigenvalue weighted by Gasteiger charge is -2.32. The van der Waals surface area contributed by atoms with Crippen LogP contribution in [-0.2, 0) is 0 Å². The zero-order chi connectivity index (χ0) is 13.5. The van der Waals surface area contributed by atoms with Crippen LogP contribution in [0, 0.1) is 0 Å². The van der Waals surface area contributed by atoms with E-state index in [0.29, 0.717) is 12.0 Å². The fourth-order valence-electron chi connectivity index (χ4n) is 2.95. The number of nitrogens with two attached hydrogens (primary N) is 1. The van der Waals surface area contributed by atoms with Crippen molar-refractivity contribution in [1.82, 2.24) is 9.97 Å². The molecule has 1 saturated carbocycles. The Morgan fingerprint density at radius 1 is 1.05 bits per heavy atom. The van der Waals surface area contributed by atoms with Crippen molar-refractivity contribution >= 4 is 11.0 Å². The maximum absolute atomic E-state index is 5.88. The molecular formula is C17H17N3. The number of aromatic amines is 1. The van der Waals surface area contributed by atoms with E-state index >= 15 is 0 Å². The molecule has 3 aromatic rings. The Balaban J connectivity index is 1.73. The number of nitrogens with one attached hydrogen (secondary N) is 1. The molecule has 3 nitrogen and oxygen atoms in total. The number of aromatic nitrogens is 2. The van der Waals surface area contributed by atoms with Crippen molar-refractivity contribution in [2.45, 2.75) is 24.8 Å². The van der Waals surface area contributed by atoms with Gasteiger partial charge in [-0.15, -0.1) is 0 Å². The first-order valence-corrected chi connectivity index (χ1v) is 7.10. The third-order valence-corrected chi connectivity index (χ3v) is 4.20. The first kappa shape index (κ1) is 11.7. The summed E-state index contributed by atoms with van der Waals surface area (Å²) in [6, 6.07) is 17.1. The highest BCUT2D eigenvalue weighted by atomic mass is 14.9. The standard InChI is InChI=1S/C17H17N3/c18-14-8-13(9-14)12-6-7-15-16(10-12)20-17(19-15)11-4-2-1-3-5-11/h1-7,10,13-14H,8-9,18H2,(H,19,20). The number of fused-ring (bicyclic) bond motifs is 1. The van der Waals surface area contributed by atoms with Gasteiger partial charge in [-0.05, 0) is 36.5 Å². The number of nitrogens with zero attached hydrogens (tertiary/aromatic N) is 1. The second-order valence-corrected chi connectivity index (χ2v) is 5.66. The lowest BCUT2D eigenvalue weighted by Crippen LogP contribution is -2.34. The molecule has 0 radical (unpaired) electrons. The first-order chi connectivity index (χ1) is 9.79. The van der Waals surface area contributed by atoms with Crippen LogP contribution in [0.4, 0.5) is 0 Å². The predicted octanol–water partition coefficient (Wildman–Crippen LogP) is 3.43. The van der Waals surface area contributed by atoms with Crippen molar-refractivity contribution < 1.29 is 0 Å². The highest BCUT2D eigenvalue weighted by Gasteiger charge is 2.27. The van der Waals surface area contributed by atoms with Crippen LogP contribution >= 0.6 is 0 Å². The Morgan fingerprint density at radius 2 is 1.85 bits per heavy atom. The summed E-state index contributed by atoms with van der Waals surface area (Å²) in [4.78, 5) is 8.09. The van der Waals surface area contributed by atoms with Crippen LogP contribution in [0.5, 0.6) is 0 Å². The van der Waals surface area contributed by atoms with E-state index in [-0.39, 0.29) is 0 Å². The topological polar surface area (TPSA) is 54.7 Å². The maximum Gasteiger partial charge on any atom is 0.138 e. The van der Waals surface area contributed by atoms with Gasteiger partial charge >= 0.3 is 0 Å². The third kappa shape index (κ3) is 1.91. The number of hydrogen-bond donors (Lipinski definition) is 2. The van der Waals surface area contributed by atoms with Crippen LogP contribution in [0.3, 0.4) is 0 Å². The highest BCUT2D eigenvalue weighted by molar-refractivity contribution is 5.80. The minimum atomic E-state index is 0.386. The molecule has 1 aromatic heterocycles. The Labute approximate surface area is 117 Å². The van der Waals surface area contributed by atoms with E-state index in [2.05, 4.69) is 40.3 Å². The smallest absolute Gasteiger partial charge is 0.138 e. The molecular weight excluding hydrogens is 246 g/mol. The van der Waals surface area contributed by atoms with Gasteiger partial charge < -0.3 is 10.7 Å². The van der Waals surface area contributed by atoms with E-state index in [9.17, 15) is 0 Å². The molecule has 2 aromatic carbocycles. The second-order valence-electron chi connectivity index (χ2n) is 5.66. The molecule has 0 bridgehead atoms. The van der Waals surface area contributed by atoms with Gasteiger partial charge in [0.2, 0.25) is 0 Å². The summed E-state index contributed by atoms with van der Waals surface area (Å²) in [5.74, 6) is 1.56. The SMILES string of the molecule is NC1CC(c2ccc3nc(-c4ccccc4)[nH]c3c2)C1. The highest BCUT2D eigenvalue weighted by Crippen LogP contribution is 2.36. The molecule has 0 unspecified atom stereocenters. The van der Waals surface area contributed by atoms with Crippen LogP contribution < -0.4 is 5.73 Å².